The van der Waals surface area contributed by atoms with E-state index in [1.807, 2.05) is 0 Å². The highest BCUT2D eigenvalue weighted by molar-refractivity contribution is 7.91. The standard InChI is InChI=1S/C18H22N2O3S2/c1-2-25(22,23)14-9-7-13(8-10-14)18(21)19-12-11-17-20-15-5-3-4-6-16(15)24-17/h7-10H,2-6,11-12H2,1H3,(H,19,21). The van der Waals surface area contributed by atoms with Gasteiger partial charge >= 0.3 is 0 Å². The molecule has 2 aromatic rings. The van der Waals surface area contributed by atoms with Crippen molar-refractivity contribution in [3.05, 3.63) is 45.4 Å². The number of fused-ring (bicyclic) bond motifs is 1. The lowest BCUT2D eigenvalue weighted by atomic mass is 10.0. The summed E-state index contributed by atoms with van der Waals surface area (Å²) in [4.78, 5) is 18.5. The molecule has 3 rings (SSSR count). The molecule has 0 spiro atoms. The molecule has 0 aliphatic heterocycles. The van der Waals surface area contributed by atoms with E-state index in [0.29, 0.717) is 12.1 Å². The number of rotatable bonds is 6. The lowest BCUT2D eigenvalue weighted by Gasteiger charge is -2.06. The van der Waals surface area contributed by atoms with E-state index in [1.54, 1.807) is 30.4 Å². The Kier molecular flexibility index (Phi) is 5.54. The van der Waals surface area contributed by atoms with Crippen molar-refractivity contribution in [1.29, 1.82) is 0 Å². The molecule has 1 aromatic heterocycles. The van der Waals surface area contributed by atoms with Crippen molar-refractivity contribution >= 4 is 27.1 Å². The quantitative estimate of drug-likeness (QED) is 0.839. The number of carbonyl (C=O) groups excluding carboxylic acids is 1. The van der Waals surface area contributed by atoms with Crippen LogP contribution in [0.25, 0.3) is 0 Å². The lowest BCUT2D eigenvalue weighted by Crippen LogP contribution is -2.25. The van der Waals surface area contributed by atoms with Crippen LogP contribution in [0.15, 0.2) is 29.2 Å². The minimum atomic E-state index is -3.23. The van der Waals surface area contributed by atoms with Gasteiger partial charge in [0.2, 0.25) is 0 Å². The zero-order valence-corrected chi connectivity index (χ0v) is 15.9. The maximum atomic E-state index is 12.2. The van der Waals surface area contributed by atoms with Crippen LogP contribution in [0.3, 0.4) is 0 Å². The van der Waals surface area contributed by atoms with Crippen molar-refractivity contribution in [2.45, 2.75) is 43.9 Å². The summed E-state index contributed by atoms with van der Waals surface area (Å²) < 4.78 is 23.6. The van der Waals surface area contributed by atoms with Gasteiger partial charge in [0, 0.05) is 23.4 Å². The van der Waals surface area contributed by atoms with Crippen LogP contribution in [0, 0.1) is 0 Å². The summed E-state index contributed by atoms with van der Waals surface area (Å²) in [5, 5.41) is 3.96. The number of nitrogens with zero attached hydrogens (tertiary/aromatic N) is 1. The highest BCUT2D eigenvalue weighted by Gasteiger charge is 2.15. The highest BCUT2D eigenvalue weighted by Crippen LogP contribution is 2.26. The Hall–Kier alpha value is -1.73. The molecule has 1 aliphatic carbocycles. The molecule has 0 saturated heterocycles. The summed E-state index contributed by atoms with van der Waals surface area (Å²) in [5.41, 5.74) is 1.71. The van der Waals surface area contributed by atoms with Crippen molar-refractivity contribution in [2.75, 3.05) is 12.3 Å². The molecule has 0 radical (unpaired) electrons. The van der Waals surface area contributed by atoms with Crippen LogP contribution in [-0.2, 0) is 29.1 Å². The minimum absolute atomic E-state index is 0.0519. The van der Waals surface area contributed by atoms with Gasteiger partial charge in [-0.1, -0.05) is 6.92 Å². The van der Waals surface area contributed by atoms with E-state index < -0.39 is 9.84 Å². The number of aryl methyl sites for hydroxylation is 2. The predicted octanol–water partition coefficient (Wildman–Crippen LogP) is 2.79. The van der Waals surface area contributed by atoms with E-state index in [-0.39, 0.29) is 16.6 Å². The number of hydrogen-bond acceptors (Lipinski definition) is 5. The van der Waals surface area contributed by atoms with Gasteiger partial charge in [-0.2, -0.15) is 0 Å². The second kappa shape index (κ2) is 7.66. The van der Waals surface area contributed by atoms with Crippen LogP contribution in [0.4, 0.5) is 0 Å². The molecule has 0 unspecified atom stereocenters. The Labute approximate surface area is 152 Å². The number of amides is 1. The summed E-state index contributed by atoms with van der Waals surface area (Å²) >= 11 is 1.76. The fraction of sp³-hybridized carbons (Fsp3) is 0.444. The summed E-state index contributed by atoms with van der Waals surface area (Å²) in [6.07, 6.45) is 5.40. The van der Waals surface area contributed by atoms with Gasteiger partial charge in [-0.25, -0.2) is 13.4 Å². The first-order valence-corrected chi connectivity index (χ1v) is 11.0. The summed E-state index contributed by atoms with van der Waals surface area (Å²) in [6, 6.07) is 6.09. The van der Waals surface area contributed by atoms with Gasteiger partial charge in [0.15, 0.2) is 9.84 Å². The average Bonchev–Trinajstić information content (AvgIpc) is 3.04. The maximum absolute atomic E-state index is 12.2. The Bertz CT molecular complexity index is 831. The zero-order chi connectivity index (χ0) is 17.9. The molecular weight excluding hydrogens is 356 g/mol. The number of thiazole rings is 1. The molecule has 5 nitrogen and oxygen atoms in total. The third kappa shape index (κ3) is 4.27. The first kappa shape index (κ1) is 18.1. The number of hydrogen-bond donors (Lipinski definition) is 1. The van der Waals surface area contributed by atoms with Crippen LogP contribution < -0.4 is 5.32 Å². The second-order valence-corrected chi connectivity index (χ2v) is 9.56. The normalized spacial score (nSPS) is 14.1. The van der Waals surface area contributed by atoms with E-state index >= 15 is 0 Å². The summed E-state index contributed by atoms with van der Waals surface area (Å²) in [5.74, 6) is -0.141. The number of carbonyl (C=O) groups is 1. The molecule has 1 aliphatic rings. The van der Waals surface area contributed by atoms with Crippen LogP contribution in [-0.4, -0.2) is 31.6 Å². The van der Waals surface area contributed by atoms with E-state index in [4.69, 9.17) is 0 Å². The Morgan fingerprint density at radius 2 is 1.92 bits per heavy atom. The van der Waals surface area contributed by atoms with Crippen molar-refractivity contribution in [3.63, 3.8) is 0 Å². The smallest absolute Gasteiger partial charge is 0.251 e. The number of sulfone groups is 1. The van der Waals surface area contributed by atoms with Crippen LogP contribution in [0.1, 0.15) is 45.7 Å². The van der Waals surface area contributed by atoms with E-state index in [2.05, 4.69) is 10.3 Å². The molecule has 134 valence electrons. The Morgan fingerprint density at radius 1 is 1.20 bits per heavy atom. The molecule has 25 heavy (non-hydrogen) atoms. The topological polar surface area (TPSA) is 76.1 Å². The third-order valence-electron chi connectivity index (χ3n) is 4.37. The van der Waals surface area contributed by atoms with Gasteiger partial charge < -0.3 is 5.32 Å². The van der Waals surface area contributed by atoms with Crippen LogP contribution >= 0.6 is 11.3 Å². The molecule has 0 fully saturated rings. The minimum Gasteiger partial charge on any atom is -0.352 e. The van der Waals surface area contributed by atoms with Crippen molar-refractivity contribution in [1.82, 2.24) is 10.3 Å². The molecule has 1 heterocycles. The highest BCUT2D eigenvalue weighted by atomic mass is 32.2. The van der Waals surface area contributed by atoms with Crippen LogP contribution in [0.2, 0.25) is 0 Å². The number of benzene rings is 1. The molecule has 1 aromatic carbocycles. The summed E-state index contributed by atoms with van der Waals surface area (Å²) in [6.45, 7) is 2.13. The molecule has 0 bridgehead atoms. The van der Waals surface area contributed by atoms with E-state index in [9.17, 15) is 13.2 Å². The van der Waals surface area contributed by atoms with Gasteiger partial charge in [0.25, 0.3) is 5.91 Å². The molecule has 0 saturated carbocycles. The molecule has 1 amide bonds. The Balaban J connectivity index is 1.55. The van der Waals surface area contributed by atoms with Gasteiger partial charge in [0.05, 0.1) is 21.3 Å². The first-order chi connectivity index (χ1) is 12.0. The SMILES string of the molecule is CCS(=O)(=O)c1ccc(C(=O)NCCc2nc3c(s2)CCCC3)cc1. The third-order valence-corrected chi connectivity index (χ3v) is 7.34. The first-order valence-electron chi connectivity index (χ1n) is 8.58. The van der Waals surface area contributed by atoms with Gasteiger partial charge in [0.1, 0.15) is 0 Å². The monoisotopic (exact) mass is 378 g/mol. The average molecular weight is 379 g/mol. The predicted molar refractivity (Wildman–Crippen MR) is 99.0 cm³/mol. The van der Waals surface area contributed by atoms with Gasteiger partial charge in [-0.3, -0.25) is 4.79 Å². The molecular formula is C18H22N2O3S2. The zero-order valence-electron chi connectivity index (χ0n) is 14.2. The van der Waals surface area contributed by atoms with E-state index in [1.165, 1.54) is 35.5 Å². The molecule has 0 atom stereocenters. The number of aromatic nitrogens is 1. The maximum Gasteiger partial charge on any atom is 0.251 e. The van der Waals surface area contributed by atoms with Gasteiger partial charge in [-0.15, -0.1) is 11.3 Å². The second-order valence-electron chi connectivity index (χ2n) is 6.12. The molecule has 1 N–H and O–H groups in total. The van der Waals surface area contributed by atoms with Gasteiger partial charge in [-0.05, 0) is 49.9 Å². The molecule has 7 heteroatoms. The van der Waals surface area contributed by atoms with Crippen molar-refractivity contribution in [2.24, 2.45) is 0 Å². The fourth-order valence-electron chi connectivity index (χ4n) is 2.88. The largest absolute Gasteiger partial charge is 0.352 e. The van der Waals surface area contributed by atoms with Crippen molar-refractivity contribution < 1.29 is 13.2 Å². The fourth-order valence-corrected chi connectivity index (χ4v) is 4.92. The number of nitrogens with one attached hydrogen (secondary N) is 1. The van der Waals surface area contributed by atoms with E-state index in [0.717, 1.165) is 24.3 Å². The van der Waals surface area contributed by atoms with Crippen molar-refractivity contribution in [3.8, 4) is 0 Å². The Morgan fingerprint density at radius 3 is 2.60 bits per heavy atom. The summed E-state index contributed by atoms with van der Waals surface area (Å²) in [7, 11) is -3.23. The van der Waals surface area contributed by atoms with Crippen LogP contribution in [0.5, 0.6) is 0 Å². The lowest BCUT2D eigenvalue weighted by molar-refractivity contribution is 0.0954.